The second-order valence-electron chi connectivity index (χ2n) is 7.81. The fourth-order valence-electron chi connectivity index (χ4n) is 4.78. The lowest BCUT2D eigenvalue weighted by atomic mass is 9.66. The molecule has 1 aromatic heterocycles. The summed E-state index contributed by atoms with van der Waals surface area (Å²) in [4.78, 5) is 29.0. The largest absolute Gasteiger partial charge is 0.493 e. The van der Waals surface area contributed by atoms with Crippen molar-refractivity contribution in [2.24, 2.45) is 0 Å². The van der Waals surface area contributed by atoms with Crippen LogP contribution in [0.3, 0.4) is 0 Å². The highest BCUT2D eigenvalue weighted by Crippen LogP contribution is 2.47. The second-order valence-corrected chi connectivity index (χ2v) is 7.81. The Morgan fingerprint density at radius 2 is 1.79 bits per heavy atom. The smallest absolute Gasteiger partial charge is 0.255 e. The van der Waals surface area contributed by atoms with E-state index in [1.807, 2.05) is 11.0 Å². The number of hydrogen-bond donors (Lipinski definition) is 1. The maximum atomic E-state index is 13.2. The number of fused-ring (bicyclic) bond motifs is 2. The van der Waals surface area contributed by atoms with E-state index in [4.69, 9.17) is 9.47 Å². The number of methoxy groups -OCH3 is 2. The standard InChI is InChI=1S/C22H26N2O4/c1-27-18-10-16-13-24(21(26)15-6-7-20(25)23-12-15)14-22(8-4-3-5-9-22)17(16)11-19(18)28-2/h6-7,10-12H,3-5,8-9,13-14H2,1-2H3,(H,23,25). The minimum atomic E-state index is -0.207. The van der Waals surface area contributed by atoms with Gasteiger partial charge in [-0.2, -0.15) is 0 Å². The lowest BCUT2D eigenvalue weighted by Crippen LogP contribution is -2.49. The maximum Gasteiger partial charge on any atom is 0.255 e. The molecule has 6 heteroatoms. The quantitative estimate of drug-likeness (QED) is 0.885. The molecule has 0 saturated heterocycles. The number of pyridine rings is 1. The van der Waals surface area contributed by atoms with Gasteiger partial charge in [0, 0.05) is 30.8 Å². The van der Waals surface area contributed by atoms with Gasteiger partial charge in [0.05, 0.1) is 19.8 Å². The van der Waals surface area contributed by atoms with Crippen molar-refractivity contribution in [2.75, 3.05) is 20.8 Å². The normalized spacial score (nSPS) is 17.9. The van der Waals surface area contributed by atoms with Crippen molar-refractivity contribution in [3.05, 3.63) is 57.5 Å². The Morgan fingerprint density at radius 1 is 1.07 bits per heavy atom. The minimum Gasteiger partial charge on any atom is -0.493 e. The van der Waals surface area contributed by atoms with Crippen LogP contribution in [-0.2, 0) is 12.0 Å². The van der Waals surface area contributed by atoms with E-state index >= 15 is 0 Å². The molecule has 1 fully saturated rings. The number of amides is 1. The first kappa shape index (κ1) is 18.6. The van der Waals surface area contributed by atoms with Crippen LogP contribution in [0.5, 0.6) is 11.5 Å². The molecule has 2 heterocycles. The summed E-state index contributed by atoms with van der Waals surface area (Å²) >= 11 is 0. The van der Waals surface area contributed by atoms with E-state index in [1.165, 1.54) is 24.2 Å². The third kappa shape index (κ3) is 3.17. The molecule has 0 radical (unpaired) electrons. The number of ether oxygens (including phenoxy) is 2. The molecular weight excluding hydrogens is 356 g/mol. The van der Waals surface area contributed by atoms with Crippen molar-refractivity contribution in [2.45, 2.75) is 44.1 Å². The molecule has 2 aliphatic rings. The summed E-state index contributed by atoms with van der Waals surface area (Å²) in [5.41, 5.74) is 2.65. The van der Waals surface area contributed by atoms with Crippen LogP contribution in [0.15, 0.2) is 35.3 Å². The number of carbonyl (C=O) groups is 1. The van der Waals surface area contributed by atoms with Gasteiger partial charge in [-0.15, -0.1) is 0 Å². The Morgan fingerprint density at radius 3 is 2.43 bits per heavy atom. The van der Waals surface area contributed by atoms with E-state index in [2.05, 4.69) is 11.1 Å². The lowest BCUT2D eigenvalue weighted by molar-refractivity contribution is 0.0634. The molecule has 4 rings (SSSR count). The zero-order chi connectivity index (χ0) is 19.7. The van der Waals surface area contributed by atoms with Crippen LogP contribution in [0, 0.1) is 0 Å². The van der Waals surface area contributed by atoms with Crippen LogP contribution >= 0.6 is 0 Å². The molecule has 1 amide bonds. The summed E-state index contributed by atoms with van der Waals surface area (Å²) in [5, 5.41) is 0. The average molecular weight is 382 g/mol. The average Bonchev–Trinajstić information content (AvgIpc) is 2.73. The highest BCUT2D eigenvalue weighted by molar-refractivity contribution is 5.94. The number of nitrogens with one attached hydrogen (secondary N) is 1. The van der Waals surface area contributed by atoms with Gasteiger partial charge < -0.3 is 19.4 Å². The van der Waals surface area contributed by atoms with Crippen LogP contribution in [0.1, 0.15) is 53.6 Å². The monoisotopic (exact) mass is 382 g/mol. The molecule has 0 bridgehead atoms. The second kappa shape index (κ2) is 7.34. The van der Waals surface area contributed by atoms with E-state index in [1.54, 1.807) is 20.3 Å². The topological polar surface area (TPSA) is 71.6 Å². The number of hydrogen-bond acceptors (Lipinski definition) is 4. The molecule has 1 N–H and O–H groups in total. The SMILES string of the molecule is COc1cc2c(cc1OC)C1(CCCCC1)CN(C(=O)c1ccc(=O)[nH]c1)C2. The van der Waals surface area contributed by atoms with Gasteiger partial charge in [0.1, 0.15) is 0 Å². The van der Waals surface area contributed by atoms with Crippen LogP contribution < -0.4 is 15.0 Å². The third-order valence-corrected chi connectivity index (χ3v) is 6.16. The Hall–Kier alpha value is -2.76. The molecule has 1 saturated carbocycles. The maximum absolute atomic E-state index is 13.2. The molecule has 1 aliphatic carbocycles. The van der Waals surface area contributed by atoms with Crippen molar-refractivity contribution in [3.63, 3.8) is 0 Å². The fraction of sp³-hybridized carbons (Fsp3) is 0.455. The predicted octanol–water partition coefficient (Wildman–Crippen LogP) is 3.25. The van der Waals surface area contributed by atoms with Crippen LogP contribution in [-0.4, -0.2) is 36.6 Å². The van der Waals surface area contributed by atoms with Gasteiger partial charge in [-0.25, -0.2) is 0 Å². The minimum absolute atomic E-state index is 0.0523. The van der Waals surface area contributed by atoms with E-state index in [0.29, 0.717) is 24.4 Å². The van der Waals surface area contributed by atoms with E-state index in [0.717, 1.165) is 37.0 Å². The zero-order valence-corrected chi connectivity index (χ0v) is 16.4. The summed E-state index contributed by atoms with van der Waals surface area (Å²) in [6.45, 7) is 1.21. The summed E-state index contributed by atoms with van der Waals surface area (Å²) in [6, 6.07) is 7.12. The lowest BCUT2D eigenvalue weighted by Gasteiger charge is -2.46. The third-order valence-electron chi connectivity index (χ3n) is 6.16. The first-order valence-corrected chi connectivity index (χ1v) is 9.80. The number of rotatable bonds is 3. The Bertz CT molecular complexity index is 924. The van der Waals surface area contributed by atoms with Gasteiger partial charge in [-0.1, -0.05) is 19.3 Å². The molecule has 6 nitrogen and oxygen atoms in total. The number of nitrogens with zero attached hydrogens (tertiary/aromatic N) is 1. The zero-order valence-electron chi connectivity index (χ0n) is 16.4. The molecule has 0 atom stereocenters. The van der Waals surface area contributed by atoms with Crippen LogP contribution in [0.25, 0.3) is 0 Å². The predicted molar refractivity (Wildman–Crippen MR) is 106 cm³/mol. The number of carbonyl (C=O) groups excluding carboxylic acids is 1. The van der Waals surface area contributed by atoms with Gasteiger partial charge in [-0.05, 0) is 42.2 Å². The molecule has 1 aromatic carbocycles. The fourth-order valence-corrected chi connectivity index (χ4v) is 4.78. The van der Waals surface area contributed by atoms with Gasteiger partial charge in [-0.3, -0.25) is 9.59 Å². The van der Waals surface area contributed by atoms with Crippen molar-refractivity contribution in [1.82, 2.24) is 9.88 Å². The highest BCUT2D eigenvalue weighted by atomic mass is 16.5. The van der Waals surface area contributed by atoms with Crippen molar-refractivity contribution in [1.29, 1.82) is 0 Å². The molecule has 0 unspecified atom stereocenters. The number of H-pyrrole nitrogens is 1. The summed E-state index contributed by atoms with van der Waals surface area (Å²) in [6.07, 6.45) is 7.18. The van der Waals surface area contributed by atoms with Crippen LogP contribution in [0.2, 0.25) is 0 Å². The summed E-state index contributed by atoms with van der Waals surface area (Å²) < 4.78 is 11.1. The molecule has 148 valence electrons. The number of benzene rings is 1. The number of aromatic nitrogens is 1. The van der Waals surface area contributed by atoms with Gasteiger partial charge >= 0.3 is 0 Å². The summed E-state index contributed by atoms with van der Waals surface area (Å²) in [5.74, 6) is 1.37. The van der Waals surface area contributed by atoms with Gasteiger partial charge in [0.2, 0.25) is 5.56 Å². The summed E-state index contributed by atoms with van der Waals surface area (Å²) in [7, 11) is 3.29. The molecule has 1 spiro atoms. The Balaban J connectivity index is 1.76. The first-order chi connectivity index (χ1) is 13.6. The molecular formula is C22H26N2O4. The molecule has 1 aliphatic heterocycles. The van der Waals surface area contributed by atoms with Crippen molar-refractivity contribution >= 4 is 5.91 Å². The van der Waals surface area contributed by atoms with E-state index < -0.39 is 0 Å². The number of aromatic amines is 1. The Labute approximate surface area is 164 Å². The van der Waals surface area contributed by atoms with Crippen molar-refractivity contribution < 1.29 is 14.3 Å². The molecule has 28 heavy (non-hydrogen) atoms. The van der Waals surface area contributed by atoms with Gasteiger partial charge in [0.15, 0.2) is 11.5 Å². The van der Waals surface area contributed by atoms with Crippen LogP contribution in [0.4, 0.5) is 0 Å². The molecule has 2 aromatic rings. The Kier molecular flexibility index (Phi) is 4.87. The van der Waals surface area contributed by atoms with Gasteiger partial charge in [0.25, 0.3) is 5.91 Å². The highest BCUT2D eigenvalue weighted by Gasteiger charge is 2.42. The van der Waals surface area contributed by atoms with E-state index in [-0.39, 0.29) is 16.9 Å². The van der Waals surface area contributed by atoms with E-state index in [9.17, 15) is 9.59 Å². The van der Waals surface area contributed by atoms with Crippen molar-refractivity contribution in [3.8, 4) is 11.5 Å². The first-order valence-electron chi connectivity index (χ1n) is 9.80.